The molecular formula is C23H21BrF2N2O3. The Labute approximate surface area is 187 Å². The van der Waals surface area contributed by atoms with E-state index in [2.05, 4.69) is 15.9 Å². The van der Waals surface area contributed by atoms with Crippen LogP contribution in [0.25, 0.3) is 0 Å². The molecule has 1 N–H and O–H groups in total. The highest BCUT2D eigenvalue weighted by molar-refractivity contribution is 9.10. The van der Waals surface area contributed by atoms with E-state index in [1.807, 2.05) is 0 Å². The molecule has 2 aromatic rings. The Hall–Kier alpha value is -2.58. The second kappa shape index (κ2) is 8.16. The maximum atomic E-state index is 14.3. The molecule has 0 radical (unpaired) electrons. The highest BCUT2D eigenvalue weighted by Crippen LogP contribution is 2.42. The lowest BCUT2D eigenvalue weighted by molar-refractivity contribution is -0.160. The number of rotatable bonds is 5. The van der Waals surface area contributed by atoms with Crippen LogP contribution in [0.2, 0.25) is 0 Å². The molecule has 2 aliphatic rings. The lowest BCUT2D eigenvalue weighted by atomic mass is 9.88. The van der Waals surface area contributed by atoms with Gasteiger partial charge in [-0.3, -0.25) is 14.6 Å². The molecule has 0 saturated carbocycles. The summed E-state index contributed by atoms with van der Waals surface area (Å²) in [6.07, 6.45) is 1.16. The summed E-state index contributed by atoms with van der Waals surface area (Å²) in [5.74, 6) is -3.51. The van der Waals surface area contributed by atoms with Gasteiger partial charge in [0.05, 0.1) is 12.1 Å². The summed E-state index contributed by atoms with van der Waals surface area (Å²) in [5, 5.41) is 13.9. The van der Waals surface area contributed by atoms with Crippen molar-refractivity contribution in [2.45, 2.75) is 38.3 Å². The molecule has 31 heavy (non-hydrogen) atoms. The van der Waals surface area contributed by atoms with Crippen molar-refractivity contribution in [1.82, 2.24) is 10.0 Å². The average Bonchev–Trinajstić information content (AvgIpc) is 3.13. The summed E-state index contributed by atoms with van der Waals surface area (Å²) in [6.45, 7) is 1.97. The molecule has 0 aliphatic carbocycles. The van der Waals surface area contributed by atoms with Crippen LogP contribution in [0, 0.1) is 11.6 Å². The molecule has 5 nitrogen and oxygen atoms in total. The topological polar surface area (TPSA) is 60.9 Å². The van der Waals surface area contributed by atoms with E-state index in [0.717, 1.165) is 10.5 Å². The van der Waals surface area contributed by atoms with Gasteiger partial charge in [-0.15, -0.1) is 0 Å². The number of hydrogen-bond donors (Lipinski definition) is 1. The molecule has 1 amide bonds. The fourth-order valence-electron chi connectivity index (χ4n) is 4.30. The van der Waals surface area contributed by atoms with Gasteiger partial charge in [-0.1, -0.05) is 40.2 Å². The maximum absolute atomic E-state index is 14.3. The van der Waals surface area contributed by atoms with Crippen molar-refractivity contribution in [3.8, 4) is 0 Å². The summed E-state index contributed by atoms with van der Waals surface area (Å²) in [7, 11) is 0. The number of carbonyl (C=O) groups excluding carboxylic acids is 2. The first-order valence-electron chi connectivity index (χ1n) is 9.96. The summed E-state index contributed by atoms with van der Waals surface area (Å²) < 4.78 is 28.9. The molecule has 0 aromatic heterocycles. The number of aliphatic hydroxyl groups is 1. The number of benzene rings is 2. The second-order valence-corrected chi connectivity index (χ2v) is 8.94. The first-order valence-corrected chi connectivity index (χ1v) is 10.8. The van der Waals surface area contributed by atoms with E-state index >= 15 is 0 Å². The summed E-state index contributed by atoms with van der Waals surface area (Å²) in [6, 6.07) is 10.9. The minimum absolute atomic E-state index is 0.00342. The van der Waals surface area contributed by atoms with E-state index in [0.29, 0.717) is 24.9 Å². The monoisotopic (exact) mass is 490 g/mol. The molecule has 8 heteroatoms. The number of halogens is 3. The average molecular weight is 491 g/mol. The van der Waals surface area contributed by atoms with Gasteiger partial charge in [0.15, 0.2) is 17.4 Å². The van der Waals surface area contributed by atoms with E-state index in [1.54, 1.807) is 36.2 Å². The van der Waals surface area contributed by atoms with Gasteiger partial charge in [0.1, 0.15) is 11.3 Å². The Morgan fingerprint density at radius 3 is 2.61 bits per heavy atom. The highest BCUT2D eigenvalue weighted by atomic mass is 79.9. The molecule has 1 fully saturated rings. The number of fused-ring (bicyclic) bond motifs is 1. The number of amides is 1. The van der Waals surface area contributed by atoms with E-state index in [-0.39, 0.29) is 29.9 Å². The maximum Gasteiger partial charge on any atom is 0.275 e. The van der Waals surface area contributed by atoms with Crippen molar-refractivity contribution in [1.29, 1.82) is 0 Å². The van der Waals surface area contributed by atoms with E-state index in [1.165, 1.54) is 17.1 Å². The number of aliphatic hydroxyl groups excluding tert-OH is 1. The zero-order chi connectivity index (χ0) is 22.3. The summed E-state index contributed by atoms with van der Waals surface area (Å²) >= 11 is 3.34. The Morgan fingerprint density at radius 1 is 1.19 bits per heavy atom. The van der Waals surface area contributed by atoms with Crippen LogP contribution >= 0.6 is 15.9 Å². The number of hydrogen-bond acceptors (Lipinski definition) is 4. The number of hydrazine groups is 1. The van der Waals surface area contributed by atoms with Gasteiger partial charge in [0.2, 0.25) is 0 Å². The molecular weight excluding hydrogens is 470 g/mol. The smallest absolute Gasteiger partial charge is 0.275 e. The van der Waals surface area contributed by atoms with Gasteiger partial charge in [-0.25, -0.2) is 13.8 Å². The van der Waals surface area contributed by atoms with Crippen LogP contribution in [0.3, 0.4) is 0 Å². The van der Waals surface area contributed by atoms with Crippen LogP contribution in [-0.4, -0.2) is 38.9 Å². The van der Waals surface area contributed by atoms with Gasteiger partial charge in [-0.05, 0) is 43.5 Å². The SMILES string of the molecule is C[C@]12CCCN1N(Cc1cccc(F)c1F)C(=O)C(C(=O)Cc1ccc(Br)cc1)=C2O. The van der Waals surface area contributed by atoms with Gasteiger partial charge >= 0.3 is 0 Å². The molecule has 0 spiro atoms. The standard InChI is InChI=1S/C23H21BrF2N2O3/c1-23-10-3-11-28(23)27(13-15-4-2-5-17(25)20(15)26)22(31)19(21(23)30)18(29)12-14-6-8-16(24)9-7-14/h2,4-9,30H,3,10-13H2,1H3/t23-/m1/s1. The van der Waals surface area contributed by atoms with Crippen molar-refractivity contribution >= 4 is 27.6 Å². The van der Waals surface area contributed by atoms with Crippen LogP contribution in [0.15, 0.2) is 58.3 Å². The zero-order valence-corrected chi connectivity index (χ0v) is 18.5. The van der Waals surface area contributed by atoms with Gasteiger partial charge in [0.25, 0.3) is 5.91 Å². The van der Waals surface area contributed by atoms with Gasteiger partial charge in [-0.2, -0.15) is 0 Å². The molecule has 2 aromatic carbocycles. The van der Waals surface area contributed by atoms with E-state index in [9.17, 15) is 23.5 Å². The lowest BCUT2D eigenvalue weighted by Crippen LogP contribution is -2.60. The van der Waals surface area contributed by atoms with Crippen molar-refractivity contribution < 1.29 is 23.5 Å². The third-order valence-corrected chi connectivity index (χ3v) is 6.53. The summed E-state index contributed by atoms with van der Waals surface area (Å²) in [4.78, 5) is 26.4. The van der Waals surface area contributed by atoms with Crippen LogP contribution in [0.4, 0.5) is 8.78 Å². The molecule has 162 valence electrons. The Bertz CT molecular complexity index is 1090. The van der Waals surface area contributed by atoms with Gasteiger partial charge in [0, 0.05) is 23.0 Å². The molecule has 4 rings (SSSR count). The van der Waals surface area contributed by atoms with Crippen LogP contribution in [0.5, 0.6) is 0 Å². The predicted octanol–water partition coefficient (Wildman–Crippen LogP) is 4.46. The van der Waals surface area contributed by atoms with Crippen LogP contribution < -0.4 is 0 Å². The summed E-state index contributed by atoms with van der Waals surface area (Å²) in [5.41, 5.74) is -0.547. The first-order chi connectivity index (χ1) is 14.7. The third kappa shape index (κ3) is 3.78. The highest BCUT2D eigenvalue weighted by Gasteiger charge is 2.52. The van der Waals surface area contributed by atoms with E-state index < -0.39 is 28.9 Å². The minimum Gasteiger partial charge on any atom is -0.509 e. The molecule has 1 atom stereocenters. The third-order valence-electron chi connectivity index (χ3n) is 6.00. The predicted molar refractivity (Wildman–Crippen MR) is 114 cm³/mol. The number of ketones is 1. The number of carbonyl (C=O) groups is 2. The first kappa shape index (κ1) is 21.6. The Morgan fingerprint density at radius 2 is 1.90 bits per heavy atom. The quantitative estimate of drug-likeness (QED) is 0.628. The second-order valence-electron chi connectivity index (χ2n) is 8.03. The van der Waals surface area contributed by atoms with Crippen molar-refractivity contribution in [3.05, 3.63) is 81.0 Å². The molecule has 0 unspecified atom stereocenters. The molecule has 1 saturated heterocycles. The number of Topliss-reactive ketones (excluding diaryl/α,β-unsaturated/α-hetero) is 1. The largest absolute Gasteiger partial charge is 0.509 e. The molecule has 2 aliphatic heterocycles. The molecule has 0 bridgehead atoms. The Balaban J connectivity index is 1.70. The van der Waals surface area contributed by atoms with Crippen molar-refractivity contribution in [2.24, 2.45) is 0 Å². The Kier molecular flexibility index (Phi) is 5.70. The zero-order valence-electron chi connectivity index (χ0n) is 16.9. The van der Waals surface area contributed by atoms with Gasteiger partial charge < -0.3 is 5.11 Å². The fraction of sp³-hybridized carbons (Fsp3) is 0.304. The van der Waals surface area contributed by atoms with Crippen LogP contribution in [-0.2, 0) is 22.6 Å². The van der Waals surface area contributed by atoms with E-state index in [4.69, 9.17) is 0 Å². The minimum atomic E-state index is -1.03. The molecule has 2 heterocycles. The normalized spacial score (nSPS) is 21.5. The van der Waals surface area contributed by atoms with Crippen LogP contribution in [0.1, 0.15) is 30.9 Å². The van der Waals surface area contributed by atoms with Crippen molar-refractivity contribution in [2.75, 3.05) is 6.54 Å². The van der Waals surface area contributed by atoms with Crippen molar-refractivity contribution in [3.63, 3.8) is 0 Å². The lowest BCUT2D eigenvalue weighted by Gasteiger charge is -2.46. The fourth-order valence-corrected chi connectivity index (χ4v) is 4.57. The number of nitrogens with zero attached hydrogens (tertiary/aromatic N) is 2.